The van der Waals surface area contributed by atoms with Gasteiger partial charge >= 0.3 is 5.97 Å². The molecule has 0 fully saturated rings. The highest BCUT2D eigenvalue weighted by Gasteiger charge is 2.17. The van der Waals surface area contributed by atoms with Crippen molar-refractivity contribution in [2.24, 2.45) is 5.73 Å². The van der Waals surface area contributed by atoms with Crippen LogP contribution in [0.2, 0.25) is 0 Å². The Labute approximate surface area is 98.3 Å². The van der Waals surface area contributed by atoms with Crippen LogP contribution in [0.15, 0.2) is 12.1 Å². The van der Waals surface area contributed by atoms with E-state index in [1.807, 2.05) is 13.0 Å². The van der Waals surface area contributed by atoms with Gasteiger partial charge in [-0.1, -0.05) is 0 Å². The van der Waals surface area contributed by atoms with E-state index in [4.69, 9.17) is 20.3 Å². The average molecular weight is 238 g/mol. The number of fused-ring (bicyclic) bond motifs is 1. The van der Waals surface area contributed by atoms with Crippen LogP contribution in [0.1, 0.15) is 5.56 Å². The highest BCUT2D eigenvalue weighted by atomic mass is 16.7. The van der Waals surface area contributed by atoms with Crippen molar-refractivity contribution in [1.29, 1.82) is 0 Å². The first-order valence-electron chi connectivity index (χ1n) is 5.20. The molecule has 1 aliphatic rings. The summed E-state index contributed by atoms with van der Waals surface area (Å²) in [6.45, 7) is 2.28. The molecule has 0 aromatic heterocycles. The number of rotatable bonds is 4. The van der Waals surface area contributed by atoms with E-state index in [9.17, 15) is 4.79 Å². The van der Waals surface area contributed by atoms with Crippen molar-refractivity contribution in [1.82, 2.24) is 0 Å². The van der Waals surface area contributed by atoms with Gasteiger partial charge in [-0.25, -0.2) is 0 Å². The Hall–Kier alpha value is -1.95. The zero-order valence-electron chi connectivity index (χ0n) is 9.40. The highest BCUT2D eigenvalue weighted by Crippen LogP contribution is 2.36. The molecule has 17 heavy (non-hydrogen) atoms. The molecular formula is C11H14N2O4. The molecule has 0 aliphatic carbocycles. The van der Waals surface area contributed by atoms with Gasteiger partial charge in [0.15, 0.2) is 11.5 Å². The van der Waals surface area contributed by atoms with Crippen molar-refractivity contribution in [2.45, 2.75) is 13.0 Å². The molecule has 0 saturated heterocycles. The van der Waals surface area contributed by atoms with Crippen LogP contribution in [0.4, 0.5) is 5.69 Å². The number of nitrogens with one attached hydrogen (secondary N) is 1. The summed E-state index contributed by atoms with van der Waals surface area (Å²) in [5.41, 5.74) is 7.16. The van der Waals surface area contributed by atoms with Gasteiger partial charge in [0.2, 0.25) is 6.79 Å². The minimum absolute atomic E-state index is 0.163. The minimum Gasteiger partial charge on any atom is -0.480 e. The second-order valence-electron chi connectivity index (χ2n) is 3.85. The first-order valence-corrected chi connectivity index (χ1v) is 5.20. The standard InChI is InChI=1S/C11H14N2O4/c1-6-2-9-10(17-5-16-9)3-8(6)13-4-7(12)11(14)15/h2-3,7,13H,4-5,12H2,1H3,(H,14,15). The lowest BCUT2D eigenvalue weighted by molar-refractivity contribution is -0.138. The first kappa shape index (κ1) is 11.5. The molecule has 0 bridgehead atoms. The molecular weight excluding hydrogens is 224 g/mol. The largest absolute Gasteiger partial charge is 0.480 e. The fourth-order valence-corrected chi connectivity index (χ4v) is 1.54. The second-order valence-corrected chi connectivity index (χ2v) is 3.85. The molecule has 0 radical (unpaired) electrons. The number of aliphatic carboxylic acids is 1. The van der Waals surface area contributed by atoms with Gasteiger partial charge in [0.25, 0.3) is 0 Å². The van der Waals surface area contributed by atoms with E-state index in [0.717, 1.165) is 11.3 Å². The molecule has 4 N–H and O–H groups in total. The maximum Gasteiger partial charge on any atom is 0.322 e. The van der Waals surface area contributed by atoms with E-state index in [0.29, 0.717) is 11.5 Å². The maximum atomic E-state index is 10.6. The molecule has 0 amide bonds. The summed E-state index contributed by atoms with van der Waals surface area (Å²) < 4.78 is 10.5. The first-order chi connectivity index (χ1) is 8.08. The van der Waals surface area contributed by atoms with Crippen molar-refractivity contribution in [2.75, 3.05) is 18.7 Å². The van der Waals surface area contributed by atoms with Crippen LogP contribution < -0.4 is 20.5 Å². The second kappa shape index (κ2) is 4.50. The lowest BCUT2D eigenvalue weighted by Gasteiger charge is -2.12. The monoisotopic (exact) mass is 238 g/mol. The quantitative estimate of drug-likeness (QED) is 0.709. The lowest BCUT2D eigenvalue weighted by Crippen LogP contribution is -2.37. The van der Waals surface area contributed by atoms with Crippen LogP contribution in [-0.2, 0) is 4.79 Å². The molecule has 92 valence electrons. The number of benzene rings is 1. The van der Waals surface area contributed by atoms with Gasteiger partial charge in [0.1, 0.15) is 6.04 Å². The van der Waals surface area contributed by atoms with Gasteiger partial charge in [-0.15, -0.1) is 0 Å². The Morgan fingerprint density at radius 1 is 1.53 bits per heavy atom. The van der Waals surface area contributed by atoms with E-state index in [-0.39, 0.29) is 13.3 Å². The fraction of sp³-hybridized carbons (Fsp3) is 0.364. The Morgan fingerprint density at radius 3 is 2.82 bits per heavy atom. The number of carbonyl (C=O) groups is 1. The van der Waals surface area contributed by atoms with E-state index in [1.54, 1.807) is 6.07 Å². The summed E-state index contributed by atoms with van der Waals surface area (Å²) in [7, 11) is 0. The Morgan fingerprint density at radius 2 is 2.18 bits per heavy atom. The van der Waals surface area contributed by atoms with E-state index in [2.05, 4.69) is 5.32 Å². The van der Waals surface area contributed by atoms with Gasteiger partial charge < -0.3 is 25.6 Å². The number of nitrogens with two attached hydrogens (primary N) is 1. The lowest BCUT2D eigenvalue weighted by atomic mass is 10.1. The fourth-order valence-electron chi connectivity index (χ4n) is 1.54. The smallest absolute Gasteiger partial charge is 0.322 e. The summed E-state index contributed by atoms with van der Waals surface area (Å²) in [6.07, 6.45) is 0. The molecule has 1 heterocycles. The summed E-state index contributed by atoms with van der Waals surface area (Å²) in [6, 6.07) is 2.70. The van der Waals surface area contributed by atoms with Crippen LogP contribution in [0.3, 0.4) is 0 Å². The molecule has 6 nitrogen and oxygen atoms in total. The third kappa shape index (κ3) is 2.42. The molecule has 0 spiro atoms. The summed E-state index contributed by atoms with van der Waals surface area (Å²) >= 11 is 0. The van der Waals surface area contributed by atoms with Gasteiger partial charge in [0, 0.05) is 18.3 Å². The number of carboxylic acids is 1. The Bertz CT molecular complexity index is 447. The van der Waals surface area contributed by atoms with Crippen molar-refractivity contribution in [3.63, 3.8) is 0 Å². The molecule has 1 atom stereocenters. The zero-order valence-corrected chi connectivity index (χ0v) is 9.40. The number of hydrogen-bond acceptors (Lipinski definition) is 5. The predicted molar refractivity (Wildman–Crippen MR) is 61.4 cm³/mol. The van der Waals surface area contributed by atoms with Crippen LogP contribution in [0.25, 0.3) is 0 Å². The third-order valence-electron chi connectivity index (χ3n) is 2.55. The number of anilines is 1. The highest BCUT2D eigenvalue weighted by molar-refractivity contribution is 5.74. The maximum absolute atomic E-state index is 10.6. The topological polar surface area (TPSA) is 93.8 Å². The van der Waals surface area contributed by atoms with Gasteiger partial charge in [0.05, 0.1) is 0 Å². The van der Waals surface area contributed by atoms with Crippen LogP contribution >= 0.6 is 0 Å². The molecule has 0 saturated carbocycles. The number of carboxylic acid groups (broad SMARTS) is 1. The van der Waals surface area contributed by atoms with Gasteiger partial charge in [-0.05, 0) is 18.6 Å². The summed E-state index contributed by atoms with van der Waals surface area (Å²) in [4.78, 5) is 10.6. The van der Waals surface area contributed by atoms with Crippen LogP contribution in [0.5, 0.6) is 11.5 Å². The number of ether oxygens (including phenoxy) is 2. The molecule has 1 unspecified atom stereocenters. The van der Waals surface area contributed by atoms with Crippen LogP contribution in [0, 0.1) is 6.92 Å². The number of aryl methyl sites for hydroxylation is 1. The van der Waals surface area contributed by atoms with E-state index in [1.165, 1.54) is 0 Å². The normalized spacial score (nSPS) is 14.5. The summed E-state index contributed by atoms with van der Waals surface area (Å²) in [5.74, 6) is 0.327. The molecule has 1 aliphatic heterocycles. The molecule has 2 rings (SSSR count). The third-order valence-corrected chi connectivity index (χ3v) is 2.55. The Kier molecular flexibility index (Phi) is 3.06. The molecule has 1 aromatic rings. The Balaban J connectivity index is 2.09. The molecule has 1 aromatic carbocycles. The number of hydrogen-bond donors (Lipinski definition) is 3. The van der Waals surface area contributed by atoms with Gasteiger partial charge in [-0.3, -0.25) is 4.79 Å². The van der Waals surface area contributed by atoms with Crippen molar-refractivity contribution in [3.05, 3.63) is 17.7 Å². The van der Waals surface area contributed by atoms with Gasteiger partial charge in [-0.2, -0.15) is 0 Å². The van der Waals surface area contributed by atoms with E-state index >= 15 is 0 Å². The molecule has 6 heteroatoms. The summed E-state index contributed by atoms with van der Waals surface area (Å²) in [5, 5.41) is 11.7. The average Bonchev–Trinajstić information content (AvgIpc) is 2.72. The van der Waals surface area contributed by atoms with Crippen molar-refractivity contribution < 1.29 is 19.4 Å². The van der Waals surface area contributed by atoms with Crippen LogP contribution in [-0.4, -0.2) is 30.5 Å². The van der Waals surface area contributed by atoms with Crippen molar-refractivity contribution >= 4 is 11.7 Å². The minimum atomic E-state index is -1.03. The zero-order chi connectivity index (χ0) is 12.4. The van der Waals surface area contributed by atoms with E-state index < -0.39 is 12.0 Å². The predicted octanol–water partition coefficient (Wildman–Crippen LogP) is 0.548. The van der Waals surface area contributed by atoms with Crippen molar-refractivity contribution in [3.8, 4) is 11.5 Å². The SMILES string of the molecule is Cc1cc2c(cc1NCC(N)C(=O)O)OCO2.